The van der Waals surface area contributed by atoms with E-state index in [0.717, 1.165) is 22.8 Å². The molecule has 1 N–H and O–H groups in total. The zero-order valence-electron chi connectivity index (χ0n) is 13.2. The van der Waals surface area contributed by atoms with Crippen molar-refractivity contribution in [3.8, 4) is 0 Å². The van der Waals surface area contributed by atoms with Gasteiger partial charge in [-0.3, -0.25) is 4.79 Å². The summed E-state index contributed by atoms with van der Waals surface area (Å²) in [7, 11) is 0. The van der Waals surface area contributed by atoms with Gasteiger partial charge in [-0.05, 0) is 34.8 Å². The highest BCUT2D eigenvalue weighted by molar-refractivity contribution is 9.10. The van der Waals surface area contributed by atoms with Gasteiger partial charge in [0.2, 0.25) is 0 Å². The van der Waals surface area contributed by atoms with Gasteiger partial charge in [0.25, 0.3) is 5.91 Å². The molecule has 1 aliphatic carbocycles. The predicted molar refractivity (Wildman–Crippen MR) is 97.7 cm³/mol. The molecular formula is C17H19BrClN3O2. The highest BCUT2D eigenvalue weighted by Gasteiger charge is 2.60. The van der Waals surface area contributed by atoms with Gasteiger partial charge in [0.05, 0.1) is 19.3 Å². The van der Waals surface area contributed by atoms with E-state index in [1.165, 1.54) is 0 Å². The fourth-order valence-electron chi connectivity index (χ4n) is 3.15. The maximum atomic E-state index is 12.7. The van der Waals surface area contributed by atoms with E-state index < -0.39 is 0 Å². The van der Waals surface area contributed by atoms with Crippen molar-refractivity contribution in [1.82, 2.24) is 10.3 Å². The largest absolute Gasteiger partial charge is 0.373 e. The first-order valence-electron chi connectivity index (χ1n) is 7.74. The van der Waals surface area contributed by atoms with Gasteiger partial charge in [0.1, 0.15) is 4.60 Å². The van der Waals surface area contributed by atoms with Crippen LogP contribution in [0.15, 0.2) is 42.0 Å². The van der Waals surface area contributed by atoms with E-state index in [-0.39, 0.29) is 17.4 Å². The zero-order valence-corrected chi connectivity index (χ0v) is 15.5. The Balaban J connectivity index is 1.75. The quantitative estimate of drug-likeness (QED) is 0.323. The number of ether oxygens (including phenoxy) is 1. The lowest BCUT2D eigenvalue weighted by molar-refractivity contribution is -0.119. The lowest BCUT2D eigenvalue weighted by Gasteiger charge is -2.21. The van der Waals surface area contributed by atoms with Crippen molar-refractivity contribution in [3.05, 3.63) is 47.6 Å². The normalized spacial score (nSPS) is 27.4. The minimum Gasteiger partial charge on any atom is -0.373 e. The number of halogens is 2. The van der Waals surface area contributed by atoms with Gasteiger partial charge in [0.15, 0.2) is 5.82 Å². The Kier molecular flexibility index (Phi) is 5.11. The lowest BCUT2D eigenvalue weighted by atomic mass is 9.99. The molecule has 0 aromatic carbocycles. The third kappa shape index (κ3) is 3.28. The van der Waals surface area contributed by atoms with Crippen LogP contribution in [-0.2, 0) is 16.1 Å². The molecule has 0 radical (unpaired) electrons. The van der Waals surface area contributed by atoms with Gasteiger partial charge < -0.3 is 10.1 Å². The molecule has 1 aliphatic heterocycles. The molecule has 0 spiro atoms. The Hall–Kier alpha value is -1.21. The van der Waals surface area contributed by atoms with Crippen molar-refractivity contribution in [1.29, 1.82) is 0 Å². The van der Waals surface area contributed by atoms with Crippen LogP contribution in [0.4, 0.5) is 5.82 Å². The fourth-order valence-corrected chi connectivity index (χ4v) is 3.72. The van der Waals surface area contributed by atoms with E-state index in [1.807, 2.05) is 12.1 Å². The van der Waals surface area contributed by atoms with Crippen LogP contribution < -0.4 is 9.74 Å². The van der Waals surface area contributed by atoms with Crippen molar-refractivity contribution in [2.24, 2.45) is 5.41 Å². The summed E-state index contributed by atoms with van der Waals surface area (Å²) < 4.78 is 7.16. The molecule has 1 amide bonds. The fraction of sp³-hybridized carbons (Fsp3) is 0.412. The summed E-state index contributed by atoms with van der Waals surface area (Å²) in [5, 5.41) is 3.33. The number of hydrogen-bond acceptors (Lipinski definition) is 4. The third-order valence-electron chi connectivity index (χ3n) is 4.60. The van der Waals surface area contributed by atoms with Crippen molar-refractivity contribution < 1.29 is 9.53 Å². The first-order valence-corrected chi connectivity index (χ1v) is 8.87. The van der Waals surface area contributed by atoms with Gasteiger partial charge in [-0.15, -0.1) is 13.2 Å². The van der Waals surface area contributed by atoms with Gasteiger partial charge >= 0.3 is 0 Å². The van der Waals surface area contributed by atoms with E-state index in [9.17, 15) is 4.79 Å². The van der Waals surface area contributed by atoms with Crippen LogP contribution in [0.25, 0.3) is 0 Å². The van der Waals surface area contributed by atoms with E-state index >= 15 is 0 Å². The molecule has 1 aromatic heterocycles. The Labute approximate surface area is 155 Å². The molecule has 2 fully saturated rings. The molecular weight excluding hydrogens is 394 g/mol. The molecule has 1 saturated carbocycles. The van der Waals surface area contributed by atoms with Crippen molar-refractivity contribution >= 4 is 39.4 Å². The average Bonchev–Trinajstić information content (AvgIpc) is 3.15. The van der Waals surface area contributed by atoms with Crippen LogP contribution in [0, 0.1) is 5.41 Å². The number of rotatable bonds is 7. The molecule has 2 aliphatic rings. The Morgan fingerprint density at radius 3 is 3.00 bits per heavy atom. The minimum absolute atomic E-state index is 0.0542. The molecule has 128 valence electrons. The highest BCUT2D eigenvalue weighted by Crippen LogP contribution is 2.55. The summed E-state index contributed by atoms with van der Waals surface area (Å²) in [5.74, 6) is 0.177. The number of fused-ring (bicyclic) bond motifs is 1. The number of nitrogens with zero attached hydrogens (tertiary/aromatic N) is 2. The third-order valence-corrected chi connectivity index (χ3v) is 5.37. The van der Waals surface area contributed by atoms with Crippen LogP contribution >= 0.6 is 27.7 Å². The number of amides is 1. The second kappa shape index (κ2) is 6.96. The van der Waals surface area contributed by atoms with E-state index in [0.29, 0.717) is 29.7 Å². The minimum atomic E-state index is -0.318. The Bertz CT molecular complexity index is 684. The number of piperidine rings is 1. The standard InChI is InChI=1S/C17H19BrClN3O2/c1-3-7-24-10-11-5-6-14(18)21-15(11)22(19)16(23)12-8-17(4-2)9-13(17)20-12/h3-6,12-13,20H,1-2,7-10H2/t12-,13+,17-/m0/s1. The SMILES string of the molecule is C=CCOCc1ccc(Br)nc1N(Cl)C(=O)[C@@H]1C[C@@]2(C=C)C[C@H]2N1. The number of pyridine rings is 1. The molecule has 5 nitrogen and oxygen atoms in total. The molecule has 0 unspecified atom stereocenters. The van der Waals surface area contributed by atoms with Gasteiger partial charge in [-0.1, -0.05) is 18.2 Å². The van der Waals surface area contributed by atoms with Crippen molar-refractivity contribution in [2.45, 2.75) is 31.5 Å². The van der Waals surface area contributed by atoms with E-state index in [1.54, 1.807) is 12.1 Å². The van der Waals surface area contributed by atoms with Crippen LogP contribution in [0.5, 0.6) is 0 Å². The summed E-state index contributed by atoms with van der Waals surface area (Å²) in [6.07, 6.45) is 5.37. The highest BCUT2D eigenvalue weighted by atomic mass is 79.9. The molecule has 1 saturated heterocycles. The van der Waals surface area contributed by atoms with Crippen LogP contribution in [0.3, 0.4) is 0 Å². The monoisotopic (exact) mass is 411 g/mol. The maximum Gasteiger partial charge on any atom is 0.260 e. The molecule has 0 bridgehead atoms. The second-order valence-corrected chi connectivity index (χ2v) is 7.31. The Morgan fingerprint density at radius 1 is 1.54 bits per heavy atom. The molecule has 2 heterocycles. The number of carbonyl (C=O) groups is 1. The topological polar surface area (TPSA) is 54.5 Å². The second-order valence-electron chi connectivity index (χ2n) is 6.16. The number of anilines is 1. The number of aromatic nitrogens is 1. The molecule has 1 aromatic rings. The number of carbonyl (C=O) groups excluding carboxylic acids is 1. The number of nitrogens with one attached hydrogen (secondary N) is 1. The van der Waals surface area contributed by atoms with Crippen molar-refractivity contribution in [3.63, 3.8) is 0 Å². The summed E-state index contributed by atoms with van der Waals surface area (Å²) >= 11 is 9.66. The van der Waals surface area contributed by atoms with Crippen molar-refractivity contribution in [2.75, 3.05) is 11.0 Å². The lowest BCUT2D eigenvalue weighted by Crippen LogP contribution is -2.41. The zero-order chi connectivity index (χ0) is 17.3. The van der Waals surface area contributed by atoms with Crippen LogP contribution in [0.2, 0.25) is 0 Å². The van der Waals surface area contributed by atoms with Gasteiger partial charge in [-0.2, -0.15) is 0 Å². The molecule has 3 atom stereocenters. The van der Waals surface area contributed by atoms with Crippen LogP contribution in [-0.4, -0.2) is 29.6 Å². The van der Waals surface area contributed by atoms with Crippen LogP contribution in [0.1, 0.15) is 18.4 Å². The maximum absolute atomic E-state index is 12.7. The van der Waals surface area contributed by atoms with Gasteiger partial charge in [-0.25, -0.2) is 9.40 Å². The Morgan fingerprint density at radius 2 is 2.33 bits per heavy atom. The predicted octanol–water partition coefficient (Wildman–Crippen LogP) is 3.34. The number of hydrogen-bond donors (Lipinski definition) is 1. The molecule has 24 heavy (non-hydrogen) atoms. The summed E-state index contributed by atoms with van der Waals surface area (Å²) in [5.41, 5.74) is 0.795. The summed E-state index contributed by atoms with van der Waals surface area (Å²) in [6.45, 7) is 8.21. The smallest absolute Gasteiger partial charge is 0.260 e. The van der Waals surface area contributed by atoms with Gasteiger partial charge in [0, 0.05) is 28.8 Å². The van der Waals surface area contributed by atoms with E-state index in [4.69, 9.17) is 16.5 Å². The first-order chi connectivity index (χ1) is 11.5. The molecule has 3 rings (SSSR count). The van der Waals surface area contributed by atoms with E-state index in [2.05, 4.69) is 39.4 Å². The molecule has 7 heteroatoms. The summed E-state index contributed by atoms with van der Waals surface area (Å²) in [6, 6.07) is 3.64. The first kappa shape index (κ1) is 17.6. The summed E-state index contributed by atoms with van der Waals surface area (Å²) in [4.78, 5) is 17.1. The average molecular weight is 413 g/mol.